The van der Waals surface area contributed by atoms with Crippen molar-refractivity contribution < 1.29 is 9.47 Å². The molecule has 108 valence electrons. The summed E-state index contributed by atoms with van der Waals surface area (Å²) in [6.07, 6.45) is 8.31. The summed E-state index contributed by atoms with van der Waals surface area (Å²) < 4.78 is 13.5. The van der Waals surface area contributed by atoms with Gasteiger partial charge in [0.25, 0.3) is 0 Å². The topological polar surface area (TPSA) is 36.3 Å². The van der Waals surface area contributed by atoms with Gasteiger partial charge in [0.1, 0.15) is 5.82 Å². The minimum atomic E-state index is 0.0169. The minimum absolute atomic E-state index is 0.0169. The number of hydrogen-bond acceptors (Lipinski definition) is 4. The van der Waals surface area contributed by atoms with E-state index in [-0.39, 0.29) is 6.29 Å². The second kappa shape index (κ2) is 7.02. The highest BCUT2D eigenvalue weighted by Crippen LogP contribution is 2.23. The first kappa shape index (κ1) is 13.8. The van der Waals surface area contributed by atoms with E-state index in [0.29, 0.717) is 0 Å². The molecular weight excluding hydrogens is 272 g/mol. The van der Waals surface area contributed by atoms with E-state index >= 15 is 0 Å². The molecule has 0 aromatic carbocycles. The van der Waals surface area contributed by atoms with Gasteiger partial charge in [0.15, 0.2) is 6.29 Å². The number of thiophene rings is 1. The Hall–Kier alpha value is -1.17. The molecular formula is C15H20N2O2S. The lowest BCUT2D eigenvalue weighted by molar-refractivity contribution is -0.162. The molecule has 20 heavy (non-hydrogen) atoms. The number of aryl methyl sites for hydroxylation is 1. The molecule has 2 aromatic heterocycles. The number of nitrogens with zero attached hydrogens (tertiary/aromatic N) is 2. The Labute approximate surface area is 123 Å². The van der Waals surface area contributed by atoms with Gasteiger partial charge in [0, 0.05) is 25.5 Å². The van der Waals surface area contributed by atoms with Crippen LogP contribution >= 0.6 is 11.3 Å². The van der Waals surface area contributed by atoms with E-state index in [1.54, 1.807) is 11.3 Å². The third-order valence-electron chi connectivity index (χ3n) is 3.44. The Morgan fingerprint density at radius 3 is 3.25 bits per heavy atom. The van der Waals surface area contributed by atoms with Crippen molar-refractivity contribution in [2.75, 3.05) is 13.2 Å². The summed E-state index contributed by atoms with van der Waals surface area (Å²) in [5, 5.41) is 2.08. The second-order valence-electron chi connectivity index (χ2n) is 4.94. The molecule has 0 spiro atoms. The van der Waals surface area contributed by atoms with Crippen molar-refractivity contribution in [2.24, 2.45) is 0 Å². The molecule has 0 bridgehead atoms. The summed E-state index contributed by atoms with van der Waals surface area (Å²) in [5.74, 6) is 1.05. The predicted octanol–water partition coefficient (Wildman–Crippen LogP) is 3.54. The molecule has 1 aliphatic heterocycles. The maximum absolute atomic E-state index is 5.76. The highest BCUT2D eigenvalue weighted by atomic mass is 32.1. The van der Waals surface area contributed by atoms with Gasteiger partial charge in [-0.2, -0.15) is 0 Å². The van der Waals surface area contributed by atoms with Crippen LogP contribution < -0.4 is 0 Å². The zero-order valence-corrected chi connectivity index (χ0v) is 12.3. The van der Waals surface area contributed by atoms with Gasteiger partial charge >= 0.3 is 0 Å². The highest BCUT2D eigenvalue weighted by Gasteiger charge is 2.13. The van der Waals surface area contributed by atoms with Crippen molar-refractivity contribution in [1.82, 2.24) is 9.55 Å². The lowest BCUT2D eigenvalue weighted by atomic mass is 10.2. The molecule has 1 saturated heterocycles. The molecule has 4 nitrogen and oxygen atoms in total. The van der Waals surface area contributed by atoms with Gasteiger partial charge in [0.2, 0.25) is 0 Å². The van der Waals surface area contributed by atoms with Crippen LogP contribution in [0.2, 0.25) is 0 Å². The number of ether oxygens (including phenoxy) is 2. The second-order valence-corrected chi connectivity index (χ2v) is 5.89. The average Bonchev–Trinajstić information content (AvgIpc) is 3.15. The van der Waals surface area contributed by atoms with Gasteiger partial charge in [-0.1, -0.05) is 6.07 Å². The van der Waals surface area contributed by atoms with E-state index in [1.807, 2.05) is 12.4 Å². The maximum Gasteiger partial charge on any atom is 0.157 e. The van der Waals surface area contributed by atoms with E-state index in [2.05, 4.69) is 27.1 Å². The predicted molar refractivity (Wildman–Crippen MR) is 79.7 cm³/mol. The van der Waals surface area contributed by atoms with Gasteiger partial charge in [-0.25, -0.2) is 4.98 Å². The van der Waals surface area contributed by atoms with Crippen LogP contribution in [0.4, 0.5) is 0 Å². The van der Waals surface area contributed by atoms with Crippen molar-refractivity contribution >= 4 is 11.3 Å². The Balaban J connectivity index is 1.46. The van der Waals surface area contributed by atoms with E-state index in [4.69, 9.17) is 9.47 Å². The van der Waals surface area contributed by atoms with Gasteiger partial charge in [-0.3, -0.25) is 0 Å². The van der Waals surface area contributed by atoms with Crippen LogP contribution in [-0.4, -0.2) is 29.1 Å². The van der Waals surface area contributed by atoms with E-state index < -0.39 is 0 Å². The molecule has 0 aliphatic carbocycles. The summed E-state index contributed by atoms with van der Waals surface area (Å²) in [6, 6.07) is 4.17. The van der Waals surface area contributed by atoms with Gasteiger partial charge in [0.05, 0.1) is 11.5 Å². The standard InChI is InChI=1S/C15H20N2O2S/c1-2-10-18-14(6-1)19-11-4-8-17-9-7-16-15(17)13-5-3-12-20-13/h3,5,7,9,12,14H,1-2,4,6,8,10-11H2. The Morgan fingerprint density at radius 1 is 1.45 bits per heavy atom. The number of hydrogen-bond donors (Lipinski definition) is 0. The summed E-state index contributed by atoms with van der Waals surface area (Å²) in [7, 11) is 0. The molecule has 5 heteroatoms. The van der Waals surface area contributed by atoms with E-state index in [0.717, 1.165) is 38.4 Å². The lowest BCUT2D eigenvalue weighted by Crippen LogP contribution is -2.23. The summed E-state index contributed by atoms with van der Waals surface area (Å²) >= 11 is 1.72. The van der Waals surface area contributed by atoms with Crippen molar-refractivity contribution in [2.45, 2.75) is 38.5 Å². The number of aromatic nitrogens is 2. The van der Waals surface area contributed by atoms with Crippen molar-refractivity contribution in [3.63, 3.8) is 0 Å². The normalized spacial score (nSPS) is 19.3. The summed E-state index contributed by atoms with van der Waals surface area (Å²) in [5.41, 5.74) is 0. The third kappa shape index (κ3) is 3.48. The van der Waals surface area contributed by atoms with Crippen LogP contribution in [-0.2, 0) is 16.0 Å². The largest absolute Gasteiger partial charge is 0.353 e. The smallest absolute Gasteiger partial charge is 0.157 e. The summed E-state index contributed by atoms with van der Waals surface area (Å²) in [4.78, 5) is 5.65. The molecule has 1 aliphatic rings. The van der Waals surface area contributed by atoms with Crippen LogP contribution in [0.3, 0.4) is 0 Å². The Kier molecular flexibility index (Phi) is 4.84. The van der Waals surface area contributed by atoms with Crippen molar-refractivity contribution in [3.05, 3.63) is 29.9 Å². The lowest BCUT2D eigenvalue weighted by Gasteiger charge is -2.22. The first-order chi connectivity index (χ1) is 9.93. The monoisotopic (exact) mass is 292 g/mol. The molecule has 0 amide bonds. The van der Waals surface area contributed by atoms with Crippen LogP contribution in [0.1, 0.15) is 25.7 Å². The van der Waals surface area contributed by atoms with Crippen LogP contribution in [0, 0.1) is 0 Å². The van der Waals surface area contributed by atoms with Gasteiger partial charge in [-0.05, 0) is 37.1 Å². The number of imidazole rings is 1. The molecule has 0 N–H and O–H groups in total. The average molecular weight is 292 g/mol. The van der Waals surface area contributed by atoms with Crippen LogP contribution in [0.5, 0.6) is 0 Å². The van der Waals surface area contributed by atoms with Crippen LogP contribution in [0.15, 0.2) is 29.9 Å². The molecule has 3 heterocycles. The fourth-order valence-electron chi connectivity index (χ4n) is 2.41. The quantitative estimate of drug-likeness (QED) is 0.764. The number of rotatable bonds is 6. The molecule has 0 saturated carbocycles. The SMILES string of the molecule is c1csc(-c2nccn2CCCOC2CCCCO2)c1. The highest BCUT2D eigenvalue weighted by molar-refractivity contribution is 7.13. The van der Waals surface area contributed by atoms with E-state index in [1.165, 1.54) is 17.7 Å². The third-order valence-corrected chi connectivity index (χ3v) is 4.31. The zero-order chi connectivity index (χ0) is 13.6. The molecule has 1 unspecified atom stereocenters. The van der Waals surface area contributed by atoms with Gasteiger partial charge < -0.3 is 14.0 Å². The first-order valence-corrected chi connectivity index (χ1v) is 8.09. The fraction of sp³-hybridized carbons (Fsp3) is 0.533. The van der Waals surface area contributed by atoms with E-state index in [9.17, 15) is 0 Å². The Bertz CT molecular complexity index is 504. The first-order valence-electron chi connectivity index (χ1n) is 7.22. The molecule has 2 aromatic rings. The molecule has 1 fully saturated rings. The minimum Gasteiger partial charge on any atom is -0.353 e. The van der Waals surface area contributed by atoms with Gasteiger partial charge in [-0.15, -0.1) is 11.3 Å². The molecule has 1 atom stereocenters. The maximum atomic E-state index is 5.76. The van der Waals surface area contributed by atoms with Crippen molar-refractivity contribution in [3.8, 4) is 10.7 Å². The van der Waals surface area contributed by atoms with Crippen molar-refractivity contribution in [1.29, 1.82) is 0 Å². The Morgan fingerprint density at radius 2 is 2.45 bits per heavy atom. The van der Waals surface area contributed by atoms with Crippen LogP contribution in [0.25, 0.3) is 10.7 Å². The molecule has 0 radical (unpaired) electrons. The zero-order valence-electron chi connectivity index (χ0n) is 11.5. The summed E-state index contributed by atoms with van der Waals surface area (Å²) in [6.45, 7) is 2.52. The fourth-order valence-corrected chi connectivity index (χ4v) is 3.15. The molecule has 3 rings (SSSR count).